The van der Waals surface area contributed by atoms with Crippen molar-refractivity contribution >= 4 is 17.8 Å². The number of rotatable bonds is 4. The fourth-order valence-corrected chi connectivity index (χ4v) is 2.45. The van der Waals surface area contributed by atoms with E-state index in [9.17, 15) is 14.4 Å². The average molecular weight is 305 g/mol. The first kappa shape index (κ1) is 15.9. The molecule has 1 fully saturated rings. The number of hydrogen-bond donors (Lipinski definition) is 2. The molecule has 7 nitrogen and oxygen atoms in total. The van der Waals surface area contributed by atoms with Crippen LogP contribution in [0.4, 0.5) is 0 Å². The average Bonchev–Trinajstić information content (AvgIpc) is 2.53. The third-order valence-corrected chi connectivity index (χ3v) is 3.86. The fraction of sp³-hybridized carbons (Fsp3) is 0.467. The lowest BCUT2D eigenvalue weighted by molar-refractivity contribution is -0.130. The molecule has 1 aromatic rings. The summed E-state index contributed by atoms with van der Waals surface area (Å²) in [7, 11) is 0. The zero-order valence-corrected chi connectivity index (χ0v) is 12.4. The Morgan fingerprint density at radius 3 is 2.50 bits per heavy atom. The van der Waals surface area contributed by atoms with Crippen LogP contribution in [-0.2, 0) is 4.79 Å². The summed E-state index contributed by atoms with van der Waals surface area (Å²) in [6, 6.07) is 2.76. The second kappa shape index (κ2) is 7.02. The van der Waals surface area contributed by atoms with Crippen LogP contribution in [0.25, 0.3) is 0 Å². The number of hydrogen-bond acceptors (Lipinski definition) is 4. The van der Waals surface area contributed by atoms with Gasteiger partial charge in [0, 0.05) is 32.8 Å². The number of carboxylic acid groups (broad SMARTS) is 1. The van der Waals surface area contributed by atoms with Crippen LogP contribution >= 0.6 is 0 Å². The molecule has 2 rings (SSSR count). The van der Waals surface area contributed by atoms with Gasteiger partial charge in [-0.3, -0.25) is 9.59 Å². The van der Waals surface area contributed by atoms with Gasteiger partial charge in [-0.05, 0) is 30.9 Å². The van der Waals surface area contributed by atoms with Crippen molar-refractivity contribution in [2.45, 2.75) is 19.8 Å². The maximum atomic E-state index is 12.0. The number of likely N-dealkylation sites (tertiary alicyclic amines) is 1. The molecule has 0 saturated carbocycles. The molecule has 1 aromatic heterocycles. The van der Waals surface area contributed by atoms with Gasteiger partial charge in [-0.15, -0.1) is 0 Å². The summed E-state index contributed by atoms with van der Waals surface area (Å²) >= 11 is 0. The zero-order chi connectivity index (χ0) is 16.1. The quantitative estimate of drug-likeness (QED) is 0.856. The second-order valence-corrected chi connectivity index (χ2v) is 5.40. The van der Waals surface area contributed by atoms with Gasteiger partial charge < -0.3 is 15.3 Å². The van der Waals surface area contributed by atoms with Gasteiger partial charge in [0.25, 0.3) is 5.91 Å². The highest BCUT2D eigenvalue weighted by molar-refractivity contribution is 5.94. The molecule has 1 saturated heterocycles. The highest BCUT2D eigenvalue weighted by atomic mass is 16.4. The van der Waals surface area contributed by atoms with Gasteiger partial charge in [0.1, 0.15) is 5.69 Å². The molecule has 0 spiro atoms. The molecular weight excluding hydrogens is 286 g/mol. The van der Waals surface area contributed by atoms with Crippen LogP contribution < -0.4 is 5.32 Å². The summed E-state index contributed by atoms with van der Waals surface area (Å²) in [5.74, 6) is -0.944. The van der Waals surface area contributed by atoms with E-state index in [0.717, 1.165) is 25.9 Å². The topological polar surface area (TPSA) is 99.6 Å². The Morgan fingerprint density at radius 2 is 2.00 bits per heavy atom. The monoisotopic (exact) mass is 305 g/mol. The van der Waals surface area contributed by atoms with Crippen LogP contribution in [0.15, 0.2) is 18.3 Å². The molecule has 22 heavy (non-hydrogen) atoms. The maximum Gasteiger partial charge on any atom is 0.354 e. The number of nitrogens with one attached hydrogen (secondary N) is 1. The number of aromatic nitrogens is 1. The minimum Gasteiger partial charge on any atom is -0.477 e. The van der Waals surface area contributed by atoms with Crippen molar-refractivity contribution in [3.63, 3.8) is 0 Å². The Bertz CT molecular complexity index is 563. The van der Waals surface area contributed by atoms with Crippen molar-refractivity contribution in [1.82, 2.24) is 15.2 Å². The van der Waals surface area contributed by atoms with Gasteiger partial charge in [0.15, 0.2) is 0 Å². The molecule has 2 N–H and O–H groups in total. The summed E-state index contributed by atoms with van der Waals surface area (Å²) in [6.07, 6.45) is 3.00. The predicted octanol–water partition coefficient (Wildman–Crippen LogP) is 0.768. The third-order valence-electron chi connectivity index (χ3n) is 3.86. The van der Waals surface area contributed by atoms with E-state index in [1.165, 1.54) is 18.3 Å². The van der Waals surface area contributed by atoms with Gasteiger partial charge >= 0.3 is 5.97 Å². The molecule has 0 aromatic carbocycles. The van der Waals surface area contributed by atoms with E-state index in [0.29, 0.717) is 18.0 Å². The lowest BCUT2D eigenvalue weighted by atomic mass is 9.96. The van der Waals surface area contributed by atoms with Gasteiger partial charge in [0.05, 0.1) is 5.56 Å². The van der Waals surface area contributed by atoms with Crippen LogP contribution in [0.2, 0.25) is 0 Å². The number of piperidine rings is 1. The molecule has 1 aliphatic heterocycles. The molecule has 1 aliphatic rings. The molecule has 2 heterocycles. The smallest absolute Gasteiger partial charge is 0.354 e. The number of carbonyl (C=O) groups is 3. The highest BCUT2D eigenvalue weighted by Crippen LogP contribution is 2.16. The Morgan fingerprint density at radius 1 is 1.32 bits per heavy atom. The van der Waals surface area contributed by atoms with E-state index >= 15 is 0 Å². The van der Waals surface area contributed by atoms with Crippen molar-refractivity contribution in [1.29, 1.82) is 0 Å². The van der Waals surface area contributed by atoms with E-state index in [1.54, 1.807) is 6.92 Å². The summed E-state index contributed by atoms with van der Waals surface area (Å²) < 4.78 is 0. The first-order chi connectivity index (χ1) is 10.5. The fourth-order valence-electron chi connectivity index (χ4n) is 2.45. The van der Waals surface area contributed by atoms with E-state index in [1.807, 2.05) is 4.90 Å². The molecule has 0 radical (unpaired) electrons. The van der Waals surface area contributed by atoms with Crippen LogP contribution in [0.3, 0.4) is 0 Å². The molecule has 2 amide bonds. The van der Waals surface area contributed by atoms with Gasteiger partial charge in [0.2, 0.25) is 5.91 Å². The van der Waals surface area contributed by atoms with E-state index in [2.05, 4.69) is 10.3 Å². The minimum absolute atomic E-state index is 0.0897. The third kappa shape index (κ3) is 4.03. The highest BCUT2D eigenvalue weighted by Gasteiger charge is 2.21. The normalized spacial score (nSPS) is 15.4. The van der Waals surface area contributed by atoms with Gasteiger partial charge in [-0.2, -0.15) is 0 Å². The molecule has 0 atom stereocenters. The summed E-state index contributed by atoms with van der Waals surface area (Å²) in [5, 5.41) is 11.6. The van der Waals surface area contributed by atoms with Crippen molar-refractivity contribution in [2.24, 2.45) is 5.92 Å². The lowest BCUT2D eigenvalue weighted by Crippen LogP contribution is -2.40. The number of amides is 2. The van der Waals surface area contributed by atoms with Crippen molar-refractivity contribution < 1.29 is 19.5 Å². The lowest BCUT2D eigenvalue weighted by Gasteiger charge is -2.31. The Hall–Kier alpha value is -2.44. The SMILES string of the molecule is CC(=O)N1CCC(CNC(=O)c2ccc(C(=O)O)nc2)CC1. The van der Waals surface area contributed by atoms with Crippen LogP contribution in [0.5, 0.6) is 0 Å². The van der Waals surface area contributed by atoms with Crippen molar-refractivity contribution in [3.05, 3.63) is 29.6 Å². The molecular formula is C15H19N3O4. The van der Waals surface area contributed by atoms with Gasteiger partial charge in [-0.1, -0.05) is 0 Å². The summed E-state index contributed by atoms with van der Waals surface area (Å²) in [6.45, 7) is 3.57. The Kier molecular flexibility index (Phi) is 5.08. The molecule has 0 aliphatic carbocycles. The standard InChI is InChI=1S/C15H19N3O4/c1-10(19)18-6-4-11(5-7-18)8-17-14(20)12-2-3-13(15(21)22)16-9-12/h2-3,9,11H,4-8H2,1H3,(H,17,20)(H,21,22). The zero-order valence-electron chi connectivity index (χ0n) is 12.4. The van der Waals surface area contributed by atoms with E-state index in [4.69, 9.17) is 5.11 Å². The molecule has 0 bridgehead atoms. The number of carboxylic acids is 1. The largest absolute Gasteiger partial charge is 0.477 e. The van der Waals surface area contributed by atoms with Crippen molar-refractivity contribution in [2.75, 3.05) is 19.6 Å². The number of pyridine rings is 1. The Labute approximate surface area is 128 Å². The first-order valence-corrected chi connectivity index (χ1v) is 7.20. The van der Waals surface area contributed by atoms with Crippen LogP contribution in [0, 0.1) is 5.92 Å². The first-order valence-electron chi connectivity index (χ1n) is 7.20. The maximum absolute atomic E-state index is 12.0. The number of nitrogens with zero attached hydrogens (tertiary/aromatic N) is 2. The molecule has 0 unspecified atom stereocenters. The number of aromatic carboxylic acids is 1. The number of carbonyl (C=O) groups excluding carboxylic acids is 2. The summed E-state index contributed by atoms with van der Waals surface area (Å²) in [4.78, 5) is 39.4. The van der Waals surface area contributed by atoms with Crippen LogP contribution in [-0.4, -0.2) is 52.4 Å². The van der Waals surface area contributed by atoms with E-state index < -0.39 is 5.97 Å². The predicted molar refractivity (Wildman–Crippen MR) is 78.5 cm³/mol. The Balaban J connectivity index is 1.81. The van der Waals surface area contributed by atoms with Gasteiger partial charge in [-0.25, -0.2) is 9.78 Å². The van der Waals surface area contributed by atoms with E-state index in [-0.39, 0.29) is 17.5 Å². The minimum atomic E-state index is -1.12. The van der Waals surface area contributed by atoms with Crippen molar-refractivity contribution in [3.8, 4) is 0 Å². The second-order valence-electron chi connectivity index (χ2n) is 5.40. The van der Waals surface area contributed by atoms with Crippen LogP contribution in [0.1, 0.15) is 40.6 Å². The summed E-state index contributed by atoms with van der Waals surface area (Å²) in [5.41, 5.74) is 0.249. The molecule has 7 heteroatoms. The molecule has 118 valence electrons.